The van der Waals surface area contributed by atoms with E-state index in [-0.39, 0.29) is 85.9 Å². The van der Waals surface area contributed by atoms with Crippen molar-refractivity contribution in [1.82, 2.24) is 5.32 Å². The summed E-state index contributed by atoms with van der Waals surface area (Å²) in [5.74, 6) is 4.28. The molecule has 0 radical (unpaired) electrons. The van der Waals surface area contributed by atoms with E-state index in [1.807, 2.05) is 86.6 Å². The Balaban J connectivity index is 0.000000129. The highest BCUT2D eigenvalue weighted by Crippen LogP contribution is 2.55. The molecule has 0 aliphatic heterocycles. The molecular weight excluding hydrogens is 1890 g/mol. The number of ether oxygens (including phenoxy) is 5. The highest BCUT2D eigenvalue weighted by Gasteiger charge is 2.57. The van der Waals surface area contributed by atoms with E-state index in [9.17, 15) is 54.5 Å². The summed E-state index contributed by atoms with van der Waals surface area (Å²) in [6.07, 6.45) is 11.2. The Morgan fingerprint density at radius 2 is 0.676 bits per heavy atom. The van der Waals surface area contributed by atoms with Gasteiger partial charge in [-0.25, -0.2) is 0 Å². The Bertz CT molecular complexity index is 6600. The van der Waals surface area contributed by atoms with Gasteiger partial charge in [-0.15, -0.1) is 0 Å². The zero-order valence-corrected chi connectivity index (χ0v) is 81.7. The topological polar surface area (TPSA) is 237 Å². The van der Waals surface area contributed by atoms with E-state index in [1.54, 1.807) is 78.9 Å². The fraction of sp³-hybridized carbons (Fsp3) is 0.435. The number of carbonyl (C=O) groups is 1. The van der Waals surface area contributed by atoms with Gasteiger partial charge in [-0.2, -0.15) is 60.6 Å². The lowest BCUT2D eigenvalue weighted by Crippen LogP contribution is -2.61. The standard InChI is InChI=1S/C28H34F3NO3.C21H24F3NO.C19H18F3NO.C18H18INO.C18H19NO.C11H7NO/c1-16-4-8-19(9-5-16)35-22-11-6-17-14-18(7-10-20(17)24(22)28(29,30)31)27(12-13-27)32-23-15-21(25(33)34)26(23,2)3;1-13-2-6-16(7-3-13)26-18-9-4-14-12-15(20(25)10-11-20)5-8-17(14)19(18)21(22,23)24;1-12-2-6-15(7-3-12)24-17-9-5-14-10-13(11-23)4-8-16(14)18(17)19(20,21)22;1-12-2-6-15(7-3-12)21-17-9-5-14-10-13(11-20)4-8-16(14)18(17)19;1-13-2-7-17(8-3-13)20-18-9-6-15-10-14(12-19)4-5-16(15)11-18;12-7-8-1-2-10-6-11(13)4-3-9(10)5-8/h6-7,10-11,14,16,19,21,23,32H,4-5,8-9,12-13,15H2,1-3H3,(H,33,34);4-5,8-9,12-13,16H,2-3,6-7,10-11,25H2,1H3;4-5,8-10,12,15H,2-3,6-7H2,1H3;4-5,8-10,12,15H,2-3,6-7H2,1H3;4-6,9-11,13,17H,2-3,7-8H2,1H3;1-6,13H. The van der Waals surface area contributed by atoms with Crippen LogP contribution < -0.4 is 34.7 Å². The molecule has 12 aromatic carbocycles. The first-order valence-electron chi connectivity index (χ1n) is 48.9. The van der Waals surface area contributed by atoms with Crippen molar-refractivity contribution in [1.29, 1.82) is 21.0 Å². The molecule has 24 heteroatoms. The van der Waals surface area contributed by atoms with Crippen molar-refractivity contribution in [3.63, 3.8) is 0 Å². The van der Waals surface area contributed by atoms with Crippen molar-refractivity contribution < 1.29 is 78.2 Å². The summed E-state index contributed by atoms with van der Waals surface area (Å²) in [6.45, 7) is 15.1. The van der Waals surface area contributed by atoms with E-state index >= 15 is 0 Å². The number of alkyl halides is 9. The minimum Gasteiger partial charge on any atom is -0.508 e. The number of benzene rings is 12. The predicted octanol–water partition coefficient (Wildman–Crippen LogP) is 30.7. The molecular formula is C115H120F9IN6O8. The Labute approximate surface area is 820 Å². The smallest absolute Gasteiger partial charge is 0.420 e. The Kier molecular flexibility index (Phi) is 31.7. The third-order valence-electron chi connectivity index (χ3n) is 29.8. The van der Waals surface area contributed by atoms with Gasteiger partial charge in [0.25, 0.3) is 0 Å². The van der Waals surface area contributed by atoms with Crippen molar-refractivity contribution in [2.75, 3.05) is 0 Å². The fourth-order valence-electron chi connectivity index (χ4n) is 20.5. The van der Waals surface area contributed by atoms with Gasteiger partial charge in [-0.05, 0) is 403 Å². The summed E-state index contributed by atoms with van der Waals surface area (Å²) in [6, 6.07) is 64.6. The molecule has 8 aliphatic rings. The van der Waals surface area contributed by atoms with Crippen molar-refractivity contribution in [2.24, 2.45) is 46.7 Å². The predicted molar refractivity (Wildman–Crippen MR) is 535 cm³/mol. The fourth-order valence-corrected chi connectivity index (χ4v) is 21.3. The number of carboxylic acid groups (broad SMARTS) is 1. The number of phenolic OH excluding ortho intramolecular Hbond substituents is 1. The van der Waals surface area contributed by atoms with Gasteiger partial charge in [0, 0.05) is 17.1 Å². The van der Waals surface area contributed by atoms with Crippen molar-refractivity contribution in [3.05, 3.63) is 248 Å². The summed E-state index contributed by atoms with van der Waals surface area (Å²) < 4.78 is 156. The van der Waals surface area contributed by atoms with Gasteiger partial charge in [0.15, 0.2) is 0 Å². The molecule has 139 heavy (non-hydrogen) atoms. The molecule has 12 aromatic rings. The molecule has 20 rings (SSSR count). The number of nitrogens with zero attached hydrogens (tertiary/aromatic N) is 4. The number of rotatable bonds is 15. The number of hydrogen-bond acceptors (Lipinski definition) is 13. The number of aliphatic carboxylic acids is 1. The molecule has 2 unspecified atom stereocenters. The molecule has 0 heterocycles. The summed E-state index contributed by atoms with van der Waals surface area (Å²) in [5.41, 5.74) is 7.32. The third-order valence-corrected chi connectivity index (χ3v) is 31.0. The SMILES string of the molecule is CC1CCC(Oc2ccc3cc(C#N)ccc3c2)CC1.CC1CCC(Oc2ccc3cc(C#N)ccc3c2C(F)(F)F)CC1.CC1CCC(Oc2ccc3cc(C#N)ccc3c2I)CC1.CC1CCC(Oc2ccc3cc(C4(N)CC4)ccc3c2C(F)(F)F)CC1.CC1CCC(Oc2ccc3cc(C4(NC5CC(C(=O)O)C5(C)C)CC4)ccc3c2C(F)(F)F)CC1.N#Cc1ccc2cc(O)ccc2c1. The van der Waals surface area contributed by atoms with E-state index < -0.39 is 41.2 Å². The number of aromatic hydroxyl groups is 1. The highest BCUT2D eigenvalue weighted by atomic mass is 127. The lowest BCUT2D eigenvalue weighted by molar-refractivity contribution is -0.155. The Hall–Kier alpha value is -11.6. The van der Waals surface area contributed by atoms with E-state index in [2.05, 4.69) is 92.9 Å². The monoisotopic (exact) mass is 2010 g/mol. The van der Waals surface area contributed by atoms with Crippen molar-refractivity contribution in [2.45, 2.75) is 275 Å². The van der Waals surface area contributed by atoms with Gasteiger partial charge in [-0.1, -0.05) is 133 Å². The number of phenols is 1. The molecule has 8 fully saturated rings. The van der Waals surface area contributed by atoms with Gasteiger partial charge in [-0.3, -0.25) is 4.79 Å². The quantitative estimate of drug-likeness (QED) is 0.0552. The van der Waals surface area contributed by atoms with E-state index in [4.69, 9.17) is 50.5 Å². The lowest BCUT2D eigenvalue weighted by atomic mass is 9.58. The van der Waals surface area contributed by atoms with Crippen LogP contribution in [-0.2, 0) is 34.4 Å². The molecule has 0 amide bonds. The molecule has 0 spiro atoms. The minimum absolute atomic E-state index is 0.0498. The second-order valence-corrected chi connectivity index (χ2v) is 41.8. The highest BCUT2D eigenvalue weighted by molar-refractivity contribution is 14.1. The second kappa shape index (κ2) is 43.3. The minimum atomic E-state index is -4.52. The molecule has 728 valence electrons. The van der Waals surface area contributed by atoms with Gasteiger partial charge in [0.05, 0.1) is 86.5 Å². The molecule has 0 aromatic heterocycles. The molecule has 5 N–H and O–H groups in total. The molecule has 8 aliphatic carbocycles. The normalized spacial score (nSPS) is 23.3. The number of nitriles is 4. The van der Waals surface area contributed by atoms with Crippen molar-refractivity contribution in [3.8, 4) is 58.8 Å². The molecule has 14 nitrogen and oxygen atoms in total. The first-order chi connectivity index (χ1) is 66.2. The zero-order valence-electron chi connectivity index (χ0n) is 79.6. The van der Waals surface area contributed by atoms with Crippen LogP contribution in [0.15, 0.2) is 194 Å². The van der Waals surface area contributed by atoms with Crippen LogP contribution in [-0.4, -0.2) is 52.7 Å². The van der Waals surface area contributed by atoms with E-state index in [1.165, 1.54) is 62.1 Å². The van der Waals surface area contributed by atoms with Crippen LogP contribution in [0, 0.1) is 89.8 Å². The number of fused-ring (bicyclic) bond motifs is 6. The van der Waals surface area contributed by atoms with Crippen LogP contribution in [0.25, 0.3) is 64.6 Å². The number of carboxylic acids is 1. The lowest BCUT2D eigenvalue weighted by Gasteiger charge is -2.51. The number of hydrogen-bond donors (Lipinski definition) is 4. The second-order valence-electron chi connectivity index (χ2n) is 40.7. The van der Waals surface area contributed by atoms with Gasteiger partial charge in [0.2, 0.25) is 0 Å². The first kappa shape index (κ1) is 102. The van der Waals surface area contributed by atoms with Gasteiger partial charge >= 0.3 is 24.5 Å². The van der Waals surface area contributed by atoms with E-state index in [0.717, 1.165) is 199 Å². The van der Waals surface area contributed by atoms with Crippen LogP contribution >= 0.6 is 22.6 Å². The number of nitrogens with one attached hydrogen (secondary N) is 1. The third kappa shape index (κ3) is 25.1. The molecule has 0 saturated heterocycles. The van der Waals surface area contributed by atoms with Crippen molar-refractivity contribution >= 4 is 93.2 Å². The molecule has 8 saturated carbocycles. The van der Waals surface area contributed by atoms with Crippen LogP contribution in [0.4, 0.5) is 39.5 Å². The zero-order chi connectivity index (χ0) is 99.0. The average molecular weight is 2010 g/mol. The van der Waals surface area contributed by atoms with Crippen LogP contribution in [0.1, 0.15) is 259 Å². The maximum Gasteiger partial charge on any atom is 0.420 e. The van der Waals surface area contributed by atoms with Gasteiger partial charge < -0.3 is 44.9 Å². The maximum absolute atomic E-state index is 14.2. The molecule has 2 atom stereocenters. The molecule has 0 bridgehead atoms. The largest absolute Gasteiger partial charge is 0.508 e. The van der Waals surface area contributed by atoms with E-state index in [0.29, 0.717) is 74.8 Å². The van der Waals surface area contributed by atoms with Gasteiger partial charge in [0.1, 0.15) is 51.2 Å². The summed E-state index contributed by atoms with van der Waals surface area (Å²) in [5, 5.41) is 66.1. The first-order valence-corrected chi connectivity index (χ1v) is 50.0. The van der Waals surface area contributed by atoms with Crippen LogP contribution in [0.2, 0.25) is 0 Å². The number of halogens is 10. The summed E-state index contributed by atoms with van der Waals surface area (Å²) in [7, 11) is 0. The number of nitrogens with two attached hydrogens (primary N) is 1. The summed E-state index contributed by atoms with van der Waals surface area (Å²) in [4.78, 5) is 11.5. The summed E-state index contributed by atoms with van der Waals surface area (Å²) >= 11 is 2.35. The maximum atomic E-state index is 14.2. The Morgan fingerprint density at radius 1 is 0.374 bits per heavy atom. The van der Waals surface area contributed by atoms with Crippen LogP contribution in [0.3, 0.4) is 0 Å². The Morgan fingerprint density at radius 3 is 1.05 bits per heavy atom. The average Bonchev–Trinajstić information content (AvgIpc) is 1.57. The van der Waals surface area contributed by atoms with Crippen LogP contribution in [0.5, 0.6) is 34.5 Å².